The fourth-order valence-corrected chi connectivity index (χ4v) is 5.46. The van der Waals surface area contributed by atoms with Crippen LogP contribution >= 0.6 is 0 Å². The molecule has 1 aromatic heterocycles. The van der Waals surface area contributed by atoms with E-state index in [0.717, 1.165) is 29.9 Å². The molecule has 204 valence electrons. The van der Waals surface area contributed by atoms with Crippen molar-refractivity contribution in [3.8, 4) is 6.07 Å². The Hall–Kier alpha value is -3.46. The summed E-state index contributed by atoms with van der Waals surface area (Å²) in [6.45, 7) is 9.73. The second-order valence-electron chi connectivity index (χ2n) is 9.50. The van der Waals surface area contributed by atoms with Crippen molar-refractivity contribution >= 4 is 33.7 Å². The van der Waals surface area contributed by atoms with Crippen molar-refractivity contribution in [3.63, 3.8) is 0 Å². The molecule has 2 aromatic rings. The number of morpholine rings is 1. The number of sulfonamides is 1. The van der Waals surface area contributed by atoms with Gasteiger partial charge in [0.05, 0.1) is 18.1 Å². The van der Waals surface area contributed by atoms with E-state index in [-0.39, 0.29) is 23.6 Å². The van der Waals surface area contributed by atoms with E-state index in [0.29, 0.717) is 24.8 Å². The van der Waals surface area contributed by atoms with Gasteiger partial charge in [0.25, 0.3) is 5.91 Å². The lowest BCUT2D eigenvalue weighted by Crippen LogP contribution is -2.40. The molecule has 3 rings (SSSR count). The van der Waals surface area contributed by atoms with Gasteiger partial charge in [-0.2, -0.15) is 9.57 Å². The molecule has 0 atom stereocenters. The van der Waals surface area contributed by atoms with Gasteiger partial charge >= 0.3 is 5.97 Å². The number of aryl methyl sites for hydroxylation is 1. The van der Waals surface area contributed by atoms with Crippen LogP contribution in [0.4, 0.5) is 5.69 Å². The van der Waals surface area contributed by atoms with Crippen LogP contribution < -0.4 is 5.32 Å². The minimum absolute atomic E-state index is 0.108. The summed E-state index contributed by atoms with van der Waals surface area (Å²) in [5.41, 5.74) is 2.86. The quantitative estimate of drug-likeness (QED) is 0.277. The predicted octanol–water partition coefficient (Wildman–Crippen LogP) is 3.26. The van der Waals surface area contributed by atoms with Gasteiger partial charge in [-0.1, -0.05) is 13.8 Å². The third kappa shape index (κ3) is 7.31. The van der Waals surface area contributed by atoms with Crippen molar-refractivity contribution in [1.29, 1.82) is 5.26 Å². The zero-order chi connectivity index (χ0) is 27.9. The number of nitriles is 1. The number of nitrogens with zero attached hydrogens (tertiary/aromatic N) is 3. The van der Waals surface area contributed by atoms with Gasteiger partial charge in [-0.25, -0.2) is 13.2 Å². The van der Waals surface area contributed by atoms with Gasteiger partial charge in [-0.15, -0.1) is 0 Å². The number of esters is 1. The molecule has 38 heavy (non-hydrogen) atoms. The lowest BCUT2D eigenvalue weighted by molar-refractivity contribution is -0.142. The van der Waals surface area contributed by atoms with E-state index in [4.69, 9.17) is 9.47 Å². The number of amides is 1. The Morgan fingerprint density at radius 1 is 1.18 bits per heavy atom. The second-order valence-corrected chi connectivity index (χ2v) is 11.4. The highest BCUT2D eigenvalue weighted by Gasteiger charge is 2.26. The van der Waals surface area contributed by atoms with Crippen LogP contribution in [0, 0.1) is 31.1 Å². The van der Waals surface area contributed by atoms with Gasteiger partial charge < -0.3 is 19.4 Å². The van der Waals surface area contributed by atoms with E-state index in [1.165, 1.54) is 34.6 Å². The van der Waals surface area contributed by atoms with Gasteiger partial charge in [-0.3, -0.25) is 4.79 Å². The molecule has 0 saturated carbocycles. The molecule has 11 heteroatoms. The Labute approximate surface area is 223 Å². The van der Waals surface area contributed by atoms with Crippen molar-refractivity contribution < 1.29 is 27.5 Å². The van der Waals surface area contributed by atoms with Gasteiger partial charge in [0.15, 0.2) is 6.61 Å². The number of carbonyl (C=O) groups is 2. The summed E-state index contributed by atoms with van der Waals surface area (Å²) in [4.78, 5) is 24.9. The van der Waals surface area contributed by atoms with Crippen LogP contribution in [0.2, 0.25) is 0 Å². The molecule has 0 spiro atoms. The van der Waals surface area contributed by atoms with Crippen LogP contribution in [0.5, 0.6) is 0 Å². The largest absolute Gasteiger partial charge is 0.451 e. The standard InChI is InChI=1S/C27H34N4O6S/c1-19(2)9-10-31-20(3)15-22(21(31)4)16-23(17-28)27(33)37-18-26(32)29-24-5-7-25(8-6-24)38(34,35)30-11-13-36-14-12-30/h5-8,15-16,19H,9-14,18H2,1-4H3,(H,29,32). The fraction of sp³-hybridized carbons (Fsp3) is 0.444. The Morgan fingerprint density at radius 3 is 2.45 bits per heavy atom. The molecule has 0 unspecified atom stereocenters. The Bertz CT molecular complexity index is 1330. The maximum Gasteiger partial charge on any atom is 0.349 e. The highest BCUT2D eigenvalue weighted by Crippen LogP contribution is 2.21. The maximum atomic E-state index is 12.7. The first kappa shape index (κ1) is 29.1. The number of hydrogen-bond donors (Lipinski definition) is 1. The molecule has 0 bridgehead atoms. The first-order valence-corrected chi connectivity index (χ1v) is 13.9. The molecular weight excluding hydrogens is 508 g/mol. The molecule has 2 heterocycles. The second kappa shape index (κ2) is 12.9. The lowest BCUT2D eigenvalue weighted by atomic mass is 10.1. The summed E-state index contributed by atoms with van der Waals surface area (Å²) >= 11 is 0. The molecule has 1 aromatic carbocycles. The van der Waals surface area contributed by atoms with Crippen molar-refractivity contribution in [2.45, 2.75) is 45.6 Å². The molecule has 1 amide bonds. The Balaban J connectivity index is 1.58. The topological polar surface area (TPSA) is 131 Å². The van der Waals surface area contributed by atoms with Gasteiger partial charge in [0, 0.05) is 36.7 Å². The number of carbonyl (C=O) groups excluding carboxylic acids is 2. The van der Waals surface area contributed by atoms with Crippen LogP contribution in [0.25, 0.3) is 6.08 Å². The van der Waals surface area contributed by atoms with Crippen LogP contribution in [0.3, 0.4) is 0 Å². The first-order valence-electron chi connectivity index (χ1n) is 12.5. The van der Waals surface area contributed by atoms with E-state index in [9.17, 15) is 23.3 Å². The first-order chi connectivity index (χ1) is 18.0. The molecule has 10 nitrogen and oxygen atoms in total. The minimum Gasteiger partial charge on any atom is -0.451 e. The van der Waals surface area contributed by atoms with Crippen molar-refractivity contribution in [2.24, 2.45) is 5.92 Å². The number of ether oxygens (including phenoxy) is 2. The zero-order valence-electron chi connectivity index (χ0n) is 22.2. The van der Waals surface area contributed by atoms with Crippen molar-refractivity contribution in [1.82, 2.24) is 8.87 Å². The molecule has 0 aliphatic carbocycles. The van der Waals surface area contributed by atoms with E-state index in [2.05, 4.69) is 23.7 Å². The van der Waals surface area contributed by atoms with Crippen LogP contribution in [0.15, 0.2) is 40.8 Å². The maximum absolute atomic E-state index is 12.7. The van der Waals surface area contributed by atoms with Gasteiger partial charge in [0.2, 0.25) is 10.0 Å². The van der Waals surface area contributed by atoms with Crippen LogP contribution in [-0.4, -0.2) is 62.1 Å². The molecule has 1 aliphatic rings. The van der Waals surface area contributed by atoms with E-state index < -0.39 is 28.5 Å². The molecule has 1 fully saturated rings. The number of hydrogen-bond acceptors (Lipinski definition) is 7. The third-order valence-corrected chi connectivity index (χ3v) is 8.18. The summed E-state index contributed by atoms with van der Waals surface area (Å²) in [7, 11) is -3.65. The Morgan fingerprint density at radius 2 is 1.84 bits per heavy atom. The Kier molecular flexibility index (Phi) is 9.85. The number of aromatic nitrogens is 1. The minimum atomic E-state index is -3.65. The molecule has 0 radical (unpaired) electrons. The lowest BCUT2D eigenvalue weighted by Gasteiger charge is -2.26. The third-order valence-electron chi connectivity index (χ3n) is 6.26. The highest BCUT2D eigenvalue weighted by atomic mass is 32.2. The van der Waals surface area contributed by atoms with Crippen molar-refractivity contribution in [2.75, 3.05) is 38.2 Å². The number of nitrogens with one attached hydrogen (secondary N) is 1. The van der Waals surface area contributed by atoms with Gasteiger partial charge in [-0.05, 0) is 68.2 Å². The normalized spacial score (nSPS) is 14.8. The summed E-state index contributed by atoms with van der Waals surface area (Å²) in [5, 5.41) is 12.1. The molecule has 1 aliphatic heterocycles. The molecular formula is C27H34N4O6S. The van der Waals surface area contributed by atoms with E-state index in [1.54, 1.807) is 0 Å². The molecule has 1 N–H and O–H groups in total. The molecule has 1 saturated heterocycles. The summed E-state index contributed by atoms with van der Waals surface area (Å²) < 4.78 is 39.2. The van der Waals surface area contributed by atoms with Crippen LogP contribution in [-0.2, 0) is 35.6 Å². The summed E-state index contributed by atoms with van der Waals surface area (Å²) in [5.74, 6) is -0.972. The average molecular weight is 543 g/mol. The van der Waals surface area contributed by atoms with Gasteiger partial charge in [0.1, 0.15) is 11.6 Å². The monoisotopic (exact) mass is 542 g/mol. The van der Waals surface area contributed by atoms with Crippen LogP contribution in [0.1, 0.15) is 37.2 Å². The van der Waals surface area contributed by atoms with E-state index >= 15 is 0 Å². The number of anilines is 1. The predicted molar refractivity (Wildman–Crippen MR) is 143 cm³/mol. The summed E-state index contributed by atoms with van der Waals surface area (Å²) in [6.07, 6.45) is 2.48. The highest BCUT2D eigenvalue weighted by molar-refractivity contribution is 7.89. The fourth-order valence-electron chi connectivity index (χ4n) is 4.05. The van der Waals surface area contributed by atoms with E-state index in [1.807, 2.05) is 26.0 Å². The smallest absolute Gasteiger partial charge is 0.349 e. The average Bonchev–Trinajstić information content (AvgIpc) is 3.16. The zero-order valence-corrected chi connectivity index (χ0v) is 23.0. The van der Waals surface area contributed by atoms with Crippen molar-refractivity contribution in [3.05, 3.63) is 52.9 Å². The number of benzene rings is 1. The SMILES string of the molecule is Cc1cc(C=C(C#N)C(=O)OCC(=O)Nc2ccc(S(=O)(=O)N3CCOCC3)cc2)c(C)n1CCC(C)C. The number of rotatable bonds is 10. The summed E-state index contributed by atoms with van der Waals surface area (Å²) in [6, 6.07) is 9.50.